The van der Waals surface area contributed by atoms with E-state index in [1.165, 1.54) is 24.8 Å². The maximum atomic E-state index is 5.99. The number of hydrogen-bond donors (Lipinski definition) is 2. The number of hydrogen-bond acceptors (Lipinski definition) is 2. The third-order valence-electron chi connectivity index (χ3n) is 3.51. The fraction of sp³-hybridized carbons (Fsp3) is 0.538. The van der Waals surface area contributed by atoms with Crippen molar-refractivity contribution >= 4 is 23.2 Å². The van der Waals surface area contributed by atoms with Gasteiger partial charge in [0.1, 0.15) is 0 Å². The lowest BCUT2D eigenvalue weighted by Gasteiger charge is -2.19. The monoisotopic (exact) mass is 272 g/mol. The van der Waals surface area contributed by atoms with Crippen molar-refractivity contribution in [2.75, 3.05) is 6.54 Å². The standard InChI is InChI=1S/C13H18Cl2N2/c14-11-5-4-9(6-12(11)15)8-17-13-3-1-2-10(13)7-16/h4-6,10,13,17H,1-3,7-8,16H2/t10-,13+/m1/s1. The van der Waals surface area contributed by atoms with Crippen LogP contribution < -0.4 is 11.1 Å². The Balaban J connectivity index is 1.91. The molecule has 1 saturated carbocycles. The van der Waals surface area contributed by atoms with Crippen LogP contribution in [0.15, 0.2) is 18.2 Å². The summed E-state index contributed by atoms with van der Waals surface area (Å²) in [5.74, 6) is 0.623. The molecule has 0 unspecified atom stereocenters. The molecule has 0 bridgehead atoms. The van der Waals surface area contributed by atoms with Crippen LogP contribution >= 0.6 is 23.2 Å². The van der Waals surface area contributed by atoms with Crippen molar-refractivity contribution < 1.29 is 0 Å². The molecule has 0 saturated heterocycles. The quantitative estimate of drug-likeness (QED) is 0.884. The Morgan fingerprint density at radius 2 is 2.06 bits per heavy atom. The molecule has 1 aromatic rings. The molecule has 1 aliphatic carbocycles. The molecule has 2 rings (SSSR count). The first kappa shape index (κ1) is 13.2. The van der Waals surface area contributed by atoms with Crippen molar-refractivity contribution in [3.63, 3.8) is 0 Å². The van der Waals surface area contributed by atoms with Crippen LogP contribution in [0, 0.1) is 5.92 Å². The first-order valence-corrected chi connectivity index (χ1v) is 6.83. The Bertz CT molecular complexity index is 382. The van der Waals surface area contributed by atoms with E-state index in [-0.39, 0.29) is 0 Å². The van der Waals surface area contributed by atoms with Crippen LogP contribution in [0.5, 0.6) is 0 Å². The minimum atomic E-state index is 0.550. The topological polar surface area (TPSA) is 38.0 Å². The molecule has 3 N–H and O–H groups in total. The fourth-order valence-corrected chi connectivity index (χ4v) is 2.81. The summed E-state index contributed by atoms with van der Waals surface area (Å²) in [5, 5.41) is 4.79. The van der Waals surface area contributed by atoms with E-state index < -0.39 is 0 Å². The average molecular weight is 273 g/mol. The smallest absolute Gasteiger partial charge is 0.0595 e. The lowest BCUT2D eigenvalue weighted by atomic mass is 10.0. The van der Waals surface area contributed by atoms with E-state index in [1.54, 1.807) is 0 Å². The lowest BCUT2D eigenvalue weighted by Crippen LogP contribution is -2.35. The van der Waals surface area contributed by atoms with Crippen molar-refractivity contribution in [3.05, 3.63) is 33.8 Å². The summed E-state index contributed by atoms with van der Waals surface area (Å²) in [6, 6.07) is 6.32. The SMILES string of the molecule is NC[C@H]1CCC[C@@H]1NCc1ccc(Cl)c(Cl)c1. The second-order valence-electron chi connectivity index (χ2n) is 4.66. The maximum Gasteiger partial charge on any atom is 0.0595 e. The molecule has 0 aliphatic heterocycles. The van der Waals surface area contributed by atoms with Gasteiger partial charge in [0.25, 0.3) is 0 Å². The molecule has 1 fully saturated rings. The summed E-state index contributed by atoms with van der Waals surface area (Å²) >= 11 is 11.9. The zero-order valence-electron chi connectivity index (χ0n) is 9.76. The molecule has 2 atom stereocenters. The first-order chi connectivity index (χ1) is 8.20. The number of nitrogens with two attached hydrogens (primary N) is 1. The lowest BCUT2D eigenvalue weighted by molar-refractivity contribution is 0.406. The zero-order chi connectivity index (χ0) is 12.3. The van der Waals surface area contributed by atoms with E-state index in [1.807, 2.05) is 18.2 Å². The van der Waals surface area contributed by atoms with Crippen LogP contribution in [0.25, 0.3) is 0 Å². The van der Waals surface area contributed by atoms with Crippen LogP contribution in [0.3, 0.4) is 0 Å². The fourth-order valence-electron chi connectivity index (χ4n) is 2.49. The molecule has 2 nitrogen and oxygen atoms in total. The van der Waals surface area contributed by atoms with Gasteiger partial charge in [-0.05, 0) is 43.0 Å². The van der Waals surface area contributed by atoms with Crippen LogP contribution in [-0.2, 0) is 6.54 Å². The molecular formula is C13H18Cl2N2. The summed E-state index contributed by atoms with van der Waals surface area (Å²) in [5.41, 5.74) is 6.93. The number of halogens is 2. The highest BCUT2D eigenvalue weighted by Crippen LogP contribution is 2.26. The van der Waals surface area contributed by atoms with Crippen molar-refractivity contribution in [2.45, 2.75) is 31.8 Å². The number of rotatable bonds is 4. The number of benzene rings is 1. The van der Waals surface area contributed by atoms with Gasteiger partial charge in [0.15, 0.2) is 0 Å². The molecule has 94 valence electrons. The molecule has 0 spiro atoms. The molecular weight excluding hydrogens is 255 g/mol. The van der Waals surface area contributed by atoms with Gasteiger partial charge >= 0.3 is 0 Å². The van der Waals surface area contributed by atoms with Crippen molar-refractivity contribution in [1.29, 1.82) is 0 Å². The minimum absolute atomic E-state index is 0.550. The Hall–Kier alpha value is -0.280. The van der Waals surface area contributed by atoms with E-state index in [9.17, 15) is 0 Å². The largest absolute Gasteiger partial charge is 0.330 e. The normalized spacial score (nSPS) is 24.2. The average Bonchev–Trinajstić information content (AvgIpc) is 2.78. The maximum absolute atomic E-state index is 5.99. The third-order valence-corrected chi connectivity index (χ3v) is 4.25. The highest BCUT2D eigenvalue weighted by Gasteiger charge is 2.25. The van der Waals surface area contributed by atoms with Crippen LogP contribution in [0.4, 0.5) is 0 Å². The van der Waals surface area contributed by atoms with E-state index in [0.717, 1.165) is 13.1 Å². The van der Waals surface area contributed by atoms with Gasteiger partial charge in [-0.15, -0.1) is 0 Å². The Morgan fingerprint density at radius 1 is 1.24 bits per heavy atom. The van der Waals surface area contributed by atoms with Gasteiger partial charge < -0.3 is 11.1 Å². The molecule has 0 aromatic heterocycles. The predicted octanol–water partition coefficient (Wildman–Crippen LogP) is 3.21. The molecule has 0 amide bonds. The second-order valence-corrected chi connectivity index (χ2v) is 5.48. The van der Waals surface area contributed by atoms with Crippen LogP contribution in [0.2, 0.25) is 10.0 Å². The van der Waals surface area contributed by atoms with Gasteiger partial charge in [-0.3, -0.25) is 0 Å². The van der Waals surface area contributed by atoms with Gasteiger partial charge in [-0.1, -0.05) is 35.7 Å². The van der Waals surface area contributed by atoms with Crippen molar-refractivity contribution in [1.82, 2.24) is 5.32 Å². The Labute approximate surface area is 112 Å². The molecule has 1 aliphatic rings. The molecule has 1 aromatic carbocycles. The summed E-state index contributed by atoms with van der Waals surface area (Å²) < 4.78 is 0. The third kappa shape index (κ3) is 3.35. The van der Waals surface area contributed by atoms with E-state index >= 15 is 0 Å². The summed E-state index contributed by atoms with van der Waals surface area (Å²) in [4.78, 5) is 0. The summed E-state index contributed by atoms with van der Waals surface area (Å²) in [6.07, 6.45) is 3.75. The first-order valence-electron chi connectivity index (χ1n) is 6.08. The Kier molecular flexibility index (Phi) is 4.69. The van der Waals surface area contributed by atoms with Crippen molar-refractivity contribution in [2.24, 2.45) is 11.7 Å². The summed E-state index contributed by atoms with van der Waals surface area (Å²) in [6.45, 7) is 1.61. The number of nitrogens with one attached hydrogen (secondary N) is 1. The van der Waals surface area contributed by atoms with E-state index in [4.69, 9.17) is 28.9 Å². The van der Waals surface area contributed by atoms with Crippen LogP contribution in [0.1, 0.15) is 24.8 Å². The van der Waals surface area contributed by atoms with E-state index in [2.05, 4.69) is 5.32 Å². The van der Waals surface area contributed by atoms with Gasteiger partial charge in [0, 0.05) is 12.6 Å². The molecule has 4 heteroatoms. The second kappa shape index (κ2) is 6.05. The Morgan fingerprint density at radius 3 is 2.76 bits per heavy atom. The highest BCUT2D eigenvalue weighted by molar-refractivity contribution is 6.42. The van der Waals surface area contributed by atoms with Gasteiger partial charge in [-0.2, -0.15) is 0 Å². The van der Waals surface area contributed by atoms with E-state index in [0.29, 0.717) is 22.0 Å². The van der Waals surface area contributed by atoms with Gasteiger partial charge in [0.05, 0.1) is 10.0 Å². The summed E-state index contributed by atoms with van der Waals surface area (Å²) in [7, 11) is 0. The zero-order valence-corrected chi connectivity index (χ0v) is 11.3. The predicted molar refractivity (Wildman–Crippen MR) is 73.5 cm³/mol. The van der Waals surface area contributed by atoms with Gasteiger partial charge in [-0.25, -0.2) is 0 Å². The van der Waals surface area contributed by atoms with Crippen LogP contribution in [-0.4, -0.2) is 12.6 Å². The molecule has 17 heavy (non-hydrogen) atoms. The highest BCUT2D eigenvalue weighted by atomic mass is 35.5. The minimum Gasteiger partial charge on any atom is -0.330 e. The van der Waals surface area contributed by atoms with Crippen molar-refractivity contribution in [3.8, 4) is 0 Å². The molecule has 0 heterocycles. The van der Waals surface area contributed by atoms with Gasteiger partial charge in [0.2, 0.25) is 0 Å². The molecule has 0 radical (unpaired) electrons.